The number of aromatic amines is 1. The summed E-state index contributed by atoms with van der Waals surface area (Å²) in [4.78, 5) is 12.0. The zero-order chi connectivity index (χ0) is 12.0. The summed E-state index contributed by atoms with van der Waals surface area (Å²) < 4.78 is 1.75. The molecule has 6 heteroatoms. The normalized spacial score (nSPS) is 18.1. The summed E-state index contributed by atoms with van der Waals surface area (Å²) in [6.45, 7) is 1.87. The molecule has 1 fully saturated rings. The highest BCUT2D eigenvalue weighted by molar-refractivity contribution is 5.48. The largest absolute Gasteiger partial charge is 0.338 e. The van der Waals surface area contributed by atoms with E-state index in [9.17, 15) is 0 Å². The number of H-pyrrole nitrogens is 1. The number of nitrogens with one attached hydrogen (secondary N) is 1. The van der Waals surface area contributed by atoms with Gasteiger partial charge in [-0.25, -0.2) is 14.6 Å². The molecule has 2 heterocycles. The fourth-order valence-corrected chi connectivity index (χ4v) is 2.23. The number of aromatic nitrogens is 5. The van der Waals surface area contributed by atoms with E-state index in [4.69, 9.17) is 5.73 Å². The molecule has 0 saturated heterocycles. The molecule has 2 aromatic rings. The van der Waals surface area contributed by atoms with Gasteiger partial charge in [0.2, 0.25) is 0 Å². The van der Waals surface area contributed by atoms with Gasteiger partial charge in [-0.2, -0.15) is 5.10 Å². The second kappa shape index (κ2) is 3.40. The minimum Gasteiger partial charge on any atom is -0.338 e. The van der Waals surface area contributed by atoms with Crippen LogP contribution < -0.4 is 5.73 Å². The maximum atomic E-state index is 6.22. The number of rotatable bonds is 2. The third-order valence-corrected chi connectivity index (χ3v) is 3.40. The van der Waals surface area contributed by atoms with Crippen LogP contribution >= 0.6 is 0 Å². The first kappa shape index (κ1) is 10.5. The summed E-state index contributed by atoms with van der Waals surface area (Å²) in [7, 11) is 1.87. The molecule has 90 valence electrons. The average Bonchev–Trinajstić information content (AvgIpc) is 2.81. The van der Waals surface area contributed by atoms with Gasteiger partial charge >= 0.3 is 0 Å². The van der Waals surface area contributed by atoms with Gasteiger partial charge in [0.15, 0.2) is 5.82 Å². The maximum absolute atomic E-state index is 6.22. The van der Waals surface area contributed by atoms with Crippen molar-refractivity contribution in [2.45, 2.75) is 31.7 Å². The highest BCUT2D eigenvalue weighted by Crippen LogP contribution is 2.37. The van der Waals surface area contributed by atoms with E-state index in [0.29, 0.717) is 0 Å². The van der Waals surface area contributed by atoms with Crippen molar-refractivity contribution in [3.63, 3.8) is 0 Å². The molecule has 0 amide bonds. The first-order valence-electron chi connectivity index (χ1n) is 5.81. The molecule has 3 rings (SSSR count). The molecule has 17 heavy (non-hydrogen) atoms. The van der Waals surface area contributed by atoms with Gasteiger partial charge in [0.1, 0.15) is 17.3 Å². The second-order valence-corrected chi connectivity index (χ2v) is 4.76. The number of nitrogens with two attached hydrogens (primary N) is 1. The number of hydrogen-bond donors (Lipinski definition) is 2. The van der Waals surface area contributed by atoms with Gasteiger partial charge in [0.25, 0.3) is 0 Å². The van der Waals surface area contributed by atoms with Gasteiger partial charge in [0.05, 0.1) is 11.7 Å². The predicted molar refractivity (Wildman–Crippen MR) is 63.0 cm³/mol. The molecule has 3 N–H and O–H groups in total. The van der Waals surface area contributed by atoms with E-state index in [1.165, 1.54) is 6.42 Å². The van der Waals surface area contributed by atoms with Crippen LogP contribution in [-0.2, 0) is 12.6 Å². The van der Waals surface area contributed by atoms with Crippen LogP contribution in [0.15, 0.2) is 6.20 Å². The molecule has 0 spiro atoms. The molecular formula is C11H16N6. The smallest absolute Gasteiger partial charge is 0.176 e. The van der Waals surface area contributed by atoms with E-state index in [1.807, 2.05) is 14.0 Å². The molecule has 2 aromatic heterocycles. The Bertz CT molecular complexity index is 548. The SMILES string of the molecule is Cc1nc(-c2cnc(C3(N)CCC3)[nH]2)n(C)n1. The fraction of sp³-hybridized carbons (Fsp3) is 0.545. The third-order valence-electron chi connectivity index (χ3n) is 3.40. The van der Waals surface area contributed by atoms with Crippen molar-refractivity contribution in [2.75, 3.05) is 0 Å². The Balaban J connectivity index is 1.97. The summed E-state index contributed by atoms with van der Waals surface area (Å²) in [5, 5.41) is 4.22. The maximum Gasteiger partial charge on any atom is 0.176 e. The Labute approximate surface area is 99.3 Å². The van der Waals surface area contributed by atoms with Crippen molar-refractivity contribution in [1.29, 1.82) is 0 Å². The van der Waals surface area contributed by atoms with Crippen molar-refractivity contribution in [3.8, 4) is 11.5 Å². The topological polar surface area (TPSA) is 85.4 Å². The molecule has 0 unspecified atom stereocenters. The van der Waals surface area contributed by atoms with Crippen LogP contribution in [-0.4, -0.2) is 24.7 Å². The van der Waals surface area contributed by atoms with Crippen molar-refractivity contribution in [2.24, 2.45) is 12.8 Å². The monoisotopic (exact) mass is 232 g/mol. The average molecular weight is 232 g/mol. The van der Waals surface area contributed by atoms with E-state index >= 15 is 0 Å². The van der Waals surface area contributed by atoms with E-state index in [0.717, 1.165) is 36.0 Å². The van der Waals surface area contributed by atoms with Crippen LogP contribution in [0.3, 0.4) is 0 Å². The summed E-state index contributed by atoms with van der Waals surface area (Å²) in [6, 6.07) is 0. The van der Waals surface area contributed by atoms with E-state index < -0.39 is 0 Å². The number of imidazole rings is 1. The number of nitrogens with zero attached hydrogens (tertiary/aromatic N) is 4. The van der Waals surface area contributed by atoms with Gasteiger partial charge in [-0.3, -0.25) is 0 Å². The van der Waals surface area contributed by atoms with Crippen LogP contribution in [0.25, 0.3) is 11.5 Å². The summed E-state index contributed by atoms with van der Waals surface area (Å²) >= 11 is 0. The highest BCUT2D eigenvalue weighted by Gasteiger charge is 2.37. The van der Waals surface area contributed by atoms with Gasteiger partial charge in [-0.05, 0) is 26.2 Å². The minimum absolute atomic E-state index is 0.258. The zero-order valence-corrected chi connectivity index (χ0v) is 10.1. The van der Waals surface area contributed by atoms with Crippen molar-refractivity contribution in [1.82, 2.24) is 24.7 Å². The minimum atomic E-state index is -0.258. The highest BCUT2D eigenvalue weighted by atomic mass is 15.3. The Morgan fingerprint density at radius 3 is 2.76 bits per heavy atom. The molecular weight excluding hydrogens is 216 g/mol. The Kier molecular flexibility index (Phi) is 2.09. The van der Waals surface area contributed by atoms with Crippen LogP contribution in [0, 0.1) is 6.92 Å². The summed E-state index contributed by atoms with van der Waals surface area (Å²) in [5.41, 5.74) is 6.84. The fourth-order valence-electron chi connectivity index (χ4n) is 2.23. The summed E-state index contributed by atoms with van der Waals surface area (Å²) in [6.07, 6.45) is 4.96. The van der Waals surface area contributed by atoms with Crippen molar-refractivity contribution < 1.29 is 0 Å². The standard InChI is InChI=1S/C11H16N6/c1-7-14-9(17(2)16-7)8-6-13-10(15-8)11(12)4-3-5-11/h6H,3-5,12H2,1-2H3,(H,13,15). The van der Waals surface area contributed by atoms with Gasteiger partial charge in [-0.1, -0.05) is 0 Å². The third kappa shape index (κ3) is 1.56. The molecule has 1 aliphatic rings. The van der Waals surface area contributed by atoms with E-state index in [1.54, 1.807) is 10.9 Å². The van der Waals surface area contributed by atoms with E-state index in [2.05, 4.69) is 20.1 Å². The second-order valence-electron chi connectivity index (χ2n) is 4.76. The summed E-state index contributed by atoms with van der Waals surface area (Å²) in [5.74, 6) is 2.41. The van der Waals surface area contributed by atoms with Gasteiger partial charge < -0.3 is 10.7 Å². The zero-order valence-electron chi connectivity index (χ0n) is 10.1. The van der Waals surface area contributed by atoms with E-state index in [-0.39, 0.29) is 5.54 Å². The quantitative estimate of drug-likeness (QED) is 0.803. The lowest BCUT2D eigenvalue weighted by molar-refractivity contribution is 0.240. The molecule has 0 aromatic carbocycles. The van der Waals surface area contributed by atoms with Crippen molar-refractivity contribution in [3.05, 3.63) is 17.8 Å². The van der Waals surface area contributed by atoms with Crippen LogP contribution in [0.4, 0.5) is 0 Å². The Morgan fingerprint density at radius 1 is 1.47 bits per heavy atom. The molecule has 0 bridgehead atoms. The molecule has 0 aliphatic heterocycles. The molecule has 1 saturated carbocycles. The lowest BCUT2D eigenvalue weighted by Gasteiger charge is -2.35. The first-order chi connectivity index (χ1) is 8.08. The molecule has 0 radical (unpaired) electrons. The Hall–Kier alpha value is -1.69. The van der Waals surface area contributed by atoms with Crippen LogP contribution in [0.1, 0.15) is 30.9 Å². The Morgan fingerprint density at radius 2 is 2.24 bits per heavy atom. The van der Waals surface area contributed by atoms with Crippen LogP contribution in [0.5, 0.6) is 0 Å². The lowest BCUT2D eigenvalue weighted by atomic mass is 9.77. The first-order valence-corrected chi connectivity index (χ1v) is 5.81. The number of aryl methyl sites for hydroxylation is 2. The molecule has 1 aliphatic carbocycles. The number of hydrogen-bond acceptors (Lipinski definition) is 4. The molecule has 6 nitrogen and oxygen atoms in total. The van der Waals surface area contributed by atoms with Gasteiger partial charge in [-0.15, -0.1) is 0 Å². The predicted octanol–water partition coefficient (Wildman–Crippen LogP) is 0.852. The van der Waals surface area contributed by atoms with Crippen LogP contribution in [0.2, 0.25) is 0 Å². The lowest BCUT2D eigenvalue weighted by Crippen LogP contribution is -2.44. The van der Waals surface area contributed by atoms with Gasteiger partial charge in [0, 0.05) is 7.05 Å². The van der Waals surface area contributed by atoms with Crippen molar-refractivity contribution >= 4 is 0 Å². The molecule has 0 atom stereocenters.